The molecule has 0 bridgehead atoms. The van der Waals surface area contributed by atoms with Gasteiger partial charge in [-0.1, -0.05) is 18.2 Å². The second-order valence-corrected chi connectivity index (χ2v) is 9.18. The van der Waals surface area contributed by atoms with Gasteiger partial charge in [0.1, 0.15) is 0 Å². The van der Waals surface area contributed by atoms with E-state index in [2.05, 4.69) is 9.98 Å². The van der Waals surface area contributed by atoms with Crippen LogP contribution in [0, 0.1) is 5.92 Å². The largest absolute Gasteiger partial charge is 0.418 e. The number of aromatic nitrogens is 2. The van der Waals surface area contributed by atoms with Crippen molar-refractivity contribution in [1.82, 2.24) is 14.5 Å². The number of nitrogens with zero attached hydrogens (tertiary/aromatic N) is 3. The van der Waals surface area contributed by atoms with Crippen molar-refractivity contribution in [2.45, 2.75) is 36.9 Å². The lowest BCUT2D eigenvalue weighted by molar-refractivity contribution is -0.136. The molecule has 1 aromatic heterocycles. The van der Waals surface area contributed by atoms with Gasteiger partial charge in [0.2, 0.25) is 5.91 Å². The van der Waals surface area contributed by atoms with Crippen molar-refractivity contribution in [3.05, 3.63) is 69.8 Å². The van der Waals surface area contributed by atoms with Crippen LogP contribution in [0.4, 0.5) is 13.2 Å². The number of para-hydroxylation sites is 1. The first-order valence-electron chi connectivity index (χ1n) is 11.1. The molecule has 178 valence electrons. The number of aromatic amines is 1. The fourth-order valence-corrected chi connectivity index (χ4v) is 5.34. The number of halogens is 4. The number of piperidine rings is 1. The van der Waals surface area contributed by atoms with E-state index in [0.717, 1.165) is 17.3 Å². The smallest absolute Gasteiger partial charge is 0.342 e. The zero-order chi connectivity index (χ0) is 24.0. The van der Waals surface area contributed by atoms with Crippen LogP contribution in [0.25, 0.3) is 11.0 Å². The van der Waals surface area contributed by atoms with Crippen molar-refractivity contribution in [2.24, 2.45) is 10.9 Å². The van der Waals surface area contributed by atoms with E-state index in [4.69, 9.17) is 11.6 Å². The fraction of sp³-hybridized carbons (Fsp3) is 0.375. The van der Waals surface area contributed by atoms with Gasteiger partial charge in [-0.15, -0.1) is 11.6 Å². The summed E-state index contributed by atoms with van der Waals surface area (Å²) in [7, 11) is 0. The van der Waals surface area contributed by atoms with E-state index in [1.165, 1.54) is 16.7 Å². The van der Waals surface area contributed by atoms with Gasteiger partial charge < -0.3 is 9.88 Å². The van der Waals surface area contributed by atoms with Crippen LogP contribution in [0.1, 0.15) is 30.9 Å². The number of imidazole rings is 1. The molecule has 1 N–H and O–H groups in total. The number of fused-ring (bicyclic) bond motifs is 2. The van der Waals surface area contributed by atoms with Crippen LogP contribution in [0.15, 0.2) is 63.6 Å². The number of dihydropyridines is 1. The minimum Gasteiger partial charge on any atom is -0.342 e. The van der Waals surface area contributed by atoms with Crippen LogP contribution in [-0.2, 0) is 11.0 Å². The van der Waals surface area contributed by atoms with Crippen molar-refractivity contribution >= 4 is 34.8 Å². The molecule has 6 nitrogen and oxygen atoms in total. The summed E-state index contributed by atoms with van der Waals surface area (Å²) in [6.07, 6.45) is 5.59. The number of aliphatic imine (C=N–C) groups is 1. The van der Waals surface area contributed by atoms with E-state index in [1.54, 1.807) is 11.1 Å². The number of carbonyl (C=O) groups is 1. The first-order valence-corrected chi connectivity index (χ1v) is 11.5. The first-order chi connectivity index (χ1) is 16.2. The van der Waals surface area contributed by atoms with E-state index < -0.39 is 23.5 Å². The number of carbonyl (C=O) groups excluding carboxylic acids is 1. The number of H-pyrrole nitrogens is 1. The van der Waals surface area contributed by atoms with Gasteiger partial charge in [0.25, 0.3) is 0 Å². The van der Waals surface area contributed by atoms with Crippen LogP contribution in [0.2, 0.25) is 0 Å². The van der Waals surface area contributed by atoms with Gasteiger partial charge in [0.15, 0.2) is 0 Å². The highest BCUT2D eigenvalue weighted by atomic mass is 35.5. The fourth-order valence-electron chi connectivity index (χ4n) is 4.97. The number of likely N-dealkylation sites (tertiary alicyclic amines) is 1. The molecule has 0 radical (unpaired) electrons. The minimum atomic E-state index is -4.58. The molecule has 1 fully saturated rings. The SMILES string of the molecule is O=C(CC1=CC=C2N=CC=CC2C1Cl)N1CCC(n2c(=O)[nH]c3cccc(C(F)(F)F)c32)CC1. The quantitative estimate of drug-likeness (QED) is 0.639. The number of amides is 1. The Bertz CT molecular complexity index is 1310. The number of allylic oxidation sites excluding steroid dienone is 4. The number of hydrogen-bond acceptors (Lipinski definition) is 3. The predicted molar refractivity (Wildman–Crippen MR) is 124 cm³/mol. The van der Waals surface area contributed by atoms with Crippen molar-refractivity contribution in [2.75, 3.05) is 13.1 Å². The van der Waals surface area contributed by atoms with E-state index >= 15 is 0 Å². The highest BCUT2D eigenvalue weighted by Crippen LogP contribution is 2.37. The Morgan fingerprint density at radius 1 is 1.21 bits per heavy atom. The molecule has 0 saturated carbocycles. The summed E-state index contributed by atoms with van der Waals surface area (Å²) in [4.78, 5) is 34.1. The molecule has 3 heterocycles. The van der Waals surface area contributed by atoms with Crippen LogP contribution in [0.3, 0.4) is 0 Å². The maximum atomic E-state index is 13.6. The Morgan fingerprint density at radius 2 is 1.97 bits per heavy atom. The number of nitrogens with one attached hydrogen (secondary N) is 1. The Labute approximate surface area is 198 Å². The third-order valence-electron chi connectivity index (χ3n) is 6.69. The van der Waals surface area contributed by atoms with Crippen LogP contribution in [-0.4, -0.2) is 45.0 Å². The van der Waals surface area contributed by atoms with Gasteiger partial charge in [-0.3, -0.25) is 14.4 Å². The average Bonchev–Trinajstić information content (AvgIpc) is 3.16. The zero-order valence-electron chi connectivity index (χ0n) is 18.1. The third kappa shape index (κ3) is 4.02. The molecule has 1 amide bonds. The average molecular weight is 491 g/mol. The maximum Gasteiger partial charge on any atom is 0.418 e. The lowest BCUT2D eigenvalue weighted by Gasteiger charge is -2.34. The zero-order valence-corrected chi connectivity index (χ0v) is 18.8. The normalized spacial score (nSPS) is 23.1. The molecule has 2 aliphatic heterocycles. The minimum absolute atomic E-state index is 0.0678. The molecular weight excluding hydrogens is 469 g/mol. The molecule has 3 aliphatic rings. The number of hydrogen-bond donors (Lipinski definition) is 1. The molecule has 2 aromatic rings. The van der Waals surface area contributed by atoms with E-state index in [0.29, 0.717) is 25.9 Å². The van der Waals surface area contributed by atoms with Gasteiger partial charge in [0, 0.05) is 43.4 Å². The molecule has 34 heavy (non-hydrogen) atoms. The molecule has 5 rings (SSSR count). The molecule has 2 atom stereocenters. The molecule has 1 aromatic carbocycles. The third-order valence-corrected chi connectivity index (χ3v) is 7.24. The molecule has 10 heteroatoms. The lowest BCUT2D eigenvalue weighted by atomic mass is 9.87. The molecular formula is C24H22ClF3N4O2. The Balaban J connectivity index is 1.30. The highest BCUT2D eigenvalue weighted by molar-refractivity contribution is 6.23. The summed E-state index contributed by atoms with van der Waals surface area (Å²) in [6, 6.07) is 3.30. The summed E-state index contributed by atoms with van der Waals surface area (Å²) < 4.78 is 42.0. The lowest BCUT2D eigenvalue weighted by Crippen LogP contribution is -2.41. The van der Waals surface area contributed by atoms with Crippen molar-refractivity contribution in [3.8, 4) is 0 Å². The Morgan fingerprint density at radius 3 is 2.71 bits per heavy atom. The Hall–Kier alpha value is -3.07. The first kappa shape index (κ1) is 22.7. The molecule has 0 spiro atoms. The van der Waals surface area contributed by atoms with Crippen LogP contribution in [0.5, 0.6) is 0 Å². The number of alkyl halides is 4. The Kier molecular flexibility index (Phi) is 5.75. The van der Waals surface area contributed by atoms with Crippen molar-refractivity contribution in [3.63, 3.8) is 0 Å². The van der Waals surface area contributed by atoms with Gasteiger partial charge in [0.05, 0.1) is 22.0 Å². The topological polar surface area (TPSA) is 70.5 Å². The van der Waals surface area contributed by atoms with E-state index in [9.17, 15) is 22.8 Å². The van der Waals surface area contributed by atoms with Crippen LogP contribution >= 0.6 is 11.6 Å². The second-order valence-electron chi connectivity index (χ2n) is 8.71. The van der Waals surface area contributed by atoms with Crippen LogP contribution < -0.4 is 5.69 Å². The van der Waals surface area contributed by atoms with Crippen molar-refractivity contribution in [1.29, 1.82) is 0 Å². The van der Waals surface area contributed by atoms with Gasteiger partial charge in [-0.05, 0) is 42.7 Å². The maximum absolute atomic E-state index is 13.6. The standard InChI is InChI=1S/C24H22ClF3N4O2/c25-21-14(6-7-18-16(21)3-2-10-29-18)13-20(33)31-11-8-15(9-12-31)32-22-17(24(26,27)28)4-1-5-19(22)30-23(32)34/h1-7,10,15-16,21H,8-9,11-13H2,(H,30,34). The molecule has 1 saturated heterocycles. The summed E-state index contributed by atoms with van der Waals surface area (Å²) in [6.45, 7) is 0.706. The monoisotopic (exact) mass is 490 g/mol. The summed E-state index contributed by atoms with van der Waals surface area (Å²) in [5.41, 5.74) is 0.290. The van der Waals surface area contributed by atoms with E-state index in [1.807, 2.05) is 24.3 Å². The molecule has 1 aliphatic carbocycles. The second kappa shape index (κ2) is 8.61. The van der Waals surface area contributed by atoms with E-state index in [-0.39, 0.29) is 34.7 Å². The molecule has 2 unspecified atom stereocenters. The van der Waals surface area contributed by atoms with Gasteiger partial charge in [-0.25, -0.2) is 4.79 Å². The summed E-state index contributed by atoms with van der Waals surface area (Å²) in [5, 5.41) is -0.360. The summed E-state index contributed by atoms with van der Waals surface area (Å²) >= 11 is 6.62. The number of rotatable bonds is 3. The van der Waals surface area contributed by atoms with Gasteiger partial charge >= 0.3 is 11.9 Å². The number of benzene rings is 1. The van der Waals surface area contributed by atoms with Gasteiger partial charge in [-0.2, -0.15) is 13.2 Å². The summed E-state index contributed by atoms with van der Waals surface area (Å²) in [5.74, 6) is -0.153. The predicted octanol–water partition coefficient (Wildman–Crippen LogP) is 4.59. The van der Waals surface area contributed by atoms with Crippen molar-refractivity contribution < 1.29 is 18.0 Å². The highest BCUT2D eigenvalue weighted by Gasteiger charge is 2.36.